The average molecular weight is 201 g/mol. The van der Waals surface area contributed by atoms with E-state index in [-0.39, 0.29) is 12.1 Å². The molecular formula is C10H19NO3. The summed E-state index contributed by atoms with van der Waals surface area (Å²) in [6.45, 7) is 3.90. The van der Waals surface area contributed by atoms with Crippen LogP contribution in [0.15, 0.2) is 0 Å². The van der Waals surface area contributed by atoms with Crippen molar-refractivity contribution in [2.45, 2.75) is 25.0 Å². The lowest BCUT2D eigenvalue weighted by atomic mass is 10.1. The third-order valence-electron chi connectivity index (χ3n) is 3.03. The fraction of sp³-hybridized carbons (Fsp3) is 1.00. The standard InChI is InChI=1S/C10H19NO3/c12-10-7-14-6-9(10)11-3-1-8-2-4-13-5-8/h8-12H,1-7H2. The van der Waals surface area contributed by atoms with Crippen molar-refractivity contribution >= 4 is 0 Å². The van der Waals surface area contributed by atoms with E-state index in [1.165, 1.54) is 6.42 Å². The zero-order valence-corrected chi connectivity index (χ0v) is 8.45. The lowest BCUT2D eigenvalue weighted by Gasteiger charge is -2.15. The van der Waals surface area contributed by atoms with E-state index in [4.69, 9.17) is 9.47 Å². The minimum absolute atomic E-state index is 0.136. The summed E-state index contributed by atoms with van der Waals surface area (Å²) in [7, 11) is 0. The van der Waals surface area contributed by atoms with Crippen LogP contribution >= 0.6 is 0 Å². The molecule has 2 rings (SSSR count). The van der Waals surface area contributed by atoms with Gasteiger partial charge in [-0.05, 0) is 25.3 Å². The number of aliphatic hydroxyl groups excluding tert-OH is 1. The van der Waals surface area contributed by atoms with Crippen molar-refractivity contribution in [3.63, 3.8) is 0 Å². The van der Waals surface area contributed by atoms with Crippen LogP contribution in [0.4, 0.5) is 0 Å². The second-order valence-corrected chi connectivity index (χ2v) is 4.18. The molecule has 0 radical (unpaired) electrons. The van der Waals surface area contributed by atoms with Gasteiger partial charge in [0.15, 0.2) is 0 Å². The number of rotatable bonds is 4. The van der Waals surface area contributed by atoms with Crippen LogP contribution in [-0.2, 0) is 9.47 Å². The first kappa shape index (κ1) is 10.4. The van der Waals surface area contributed by atoms with Crippen LogP contribution in [0.25, 0.3) is 0 Å². The Morgan fingerprint density at radius 2 is 2.14 bits per heavy atom. The van der Waals surface area contributed by atoms with E-state index < -0.39 is 0 Å². The van der Waals surface area contributed by atoms with Gasteiger partial charge in [0.25, 0.3) is 0 Å². The van der Waals surface area contributed by atoms with Gasteiger partial charge in [0, 0.05) is 13.2 Å². The van der Waals surface area contributed by atoms with Gasteiger partial charge >= 0.3 is 0 Å². The molecule has 2 N–H and O–H groups in total. The number of ether oxygens (including phenoxy) is 2. The van der Waals surface area contributed by atoms with E-state index in [9.17, 15) is 5.11 Å². The summed E-state index contributed by atoms with van der Waals surface area (Å²) < 4.78 is 10.5. The van der Waals surface area contributed by atoms with Crippen LogP contribution in [-0.4, -0.2) is 50.2 Å². The molecule has 0 aromatic carbocycles. The van der Waals surface area contributed by atoms with Crippen molar-refractivity contribution in [1.82, 2.24) is 5.32 Å². The maximum absolute atomic E-state index is 9.47. The van der Waals surface area contributed by atoms with Gasteiger partial charge < -0.3 is 19.9 Å². The van der Waals surface area contributed by atoms with Crippen LogP contribution in [0.3, 0.4) is 0 Å². The van der Waals surface area contributed by atoms with E-state index in [0.29, 0.717) is 19.1 Å². The zero-order valence-electron chi connectivity index (χ0n) is 8.45. The van der Waals surface area contributed by atoms with Crippen LogP contribution in [0.2, 0.25) is 0 Å². The summed E-state index contributed by atoms with van der Waals surface area (Å²) >= 11 is 0. The molecular weight excluding hydrogens is 182 g/mol. The molecule has 2 fully saturated rings. The van der Waals surface area contributed by atoms with Gasteiger partial charge in [0.1, 0.15) is 0 Å². The van der Waals surface area contributed by atoms with E-state index >= 15 is 0 Å². The van der Waals surface area contributed by atoms with Crippen LogP contribution in [0.5, 0.6) is 0 Å². The molecule has 2 aliphatic rings. The fourth-order valence-electron chi connectivity index (χ4n) is 2.02. The normalized spacial score (nSPS) is 37.9. The Balaban J connectivity index is 1.57. The highest BCUT2D eigenvalue weighted by atomic mass is 16.5. The van der Waals surface area contributed by atoms with Crippen molar-refractivity contribution in [2.75, 3.05) is 33.0 Å². The van der Waals surface area contributed by atoms with Gasteiger partial charge in [-0.2, -0.15) is 0 Å². The predicted molar refractivity (Wildman–Crippen MR) is 52.2 cm³/mol. The lowest BCUT2D eigenvalue weighted by molar-refractivity contribution is 0.122. The van der Waals surface area contributed by atoms with Crippen LogP contribution in [0, 0.1) is 5.92 Å². The third kappa shape index (κ3) is 2.67. The summed E-state index contributed by atoms with van der Waals surface area (Å²) in [5.41, 5.74) is 0. The highest BCUT2D eigenvalue weighted by Gasteiger charge is 2.25. The number of nitrogens with one attached hydrogen (secondary N) is 1. The molecule has 0 saturated carbocycles. The Bertz CT molecular complexity index is 171. The molecule has 4 nitrogen and oxygen atoms in total. The Labute approximate surface area is 84.6 Å². The molecule has 2 heterocycles. The van der Waals surface area contributed by atoms with Crippen molar-refractivity contribution in [2.24, 2.45) is 5.92 Å². The topological polar surface area (TPSA) is 50.7 Å². The number of hydrogen-bond acceptors (Lipinski definition) is 4. The first-order valence-electron chi connectivity index (χ1n) is 5.43. The molecule has 0 amide bonds. The van der Waals surface area contributed by atoms with Gasteiger partial charge in [0.05, 0.1) is 25.4 Å². The van der Waals surface area contributed by atoms with Gasteiger partial charge in [-0.1, -0.05) is 0 Å². The largest absolute Gasteiger partial charge is 0.389 e. The lowest BCUT2D eigenvalue weighted by Crippen LogP contribution is -2.39. The predicted octanol–water partition coefficient (Wildman–Crippen LogP) is -0.238. The maximum Gasteiger partial charge on any atom is 0.0948 e. The second kappa shape index (κ2) is 5.07. The quantitative estimate of drug-likeness (QED) is 0.659. The monoisotopic (exact) mass is 201 g/mol. The third-order valence-corrected chi connectivity index (χ3v) is 3.03. The van der Waals surface area contributed by atoms with Crippen LogP contribution < -0.4 is 5.32 Å². The summed E-state index contributed by atoms with van der Waals surface area (Å²) in [6, 6.07) is 0.136. The van der Waals surface area contributed by atoms with Crippen LogP contribution in [0.1, 0.15) is 12.8 Å². The molecule has 0 bridgehead atoms. The first-order chi connectivity index (χ1) is 6.86. The Morgan fingerprint density at radius 3 is 2.79 bits per heavy atom. The van der Waals surface area contributed by atoms with E-state index in [1.54, 1.807) is 0 Å². The first-order valence-corrected chi connectivity index (χ1v) is 5.43. The molecule has 0 aliphatic carbocycles. The van der Waals surface area contributed by atoms with Gasteiger partial charge in [-0.15, -0.1) is 0 Å². The van der Waals surface area contributed by atoms with E-state index in [2.05, 4.69) is 5.32 Å². The highest BCUT2D eigenvalue weighted by molar-refractivity contribution is 4.80. The highest BCUT2D eigenvalue weighted by Crippen LogP contribution is 2.15. The minimum Gasteiger partial charge on any atom is -0.389 e. The molecule has 0 aromatic heterocycles. The summed E-state index contributed by atoms with van der Waals surface area (Å²) in [5, 5.41) is 12.8. The van der Waals surface area contributed by atoms with Gasteiger partial charge in [-0.3, -0.25) is 0 Å². The minimum atomic E-state index is -0.324. The smallest absolute Gasteiger partial charge is 0.0948 e. The Morgan fingerprint density at radius 1 is 1.21 bits per heavy atom. The Hall–Kier alpha value is -0.160. The van der Waals surface area contributed by atoms with E-state index in [0.717, 1.165) is 26.2 Å². The molecule has 82 valence electrons. The van der Waals surface area contributed by atoms with E-state index in [1.807, 2.05) is 0 Å². The molecule has 0 aromatic rings. The van der Waals surface area contributed by atoms with Crippen molar-refractivity contribution < 1.29 is 14.6 Å². The zero-order chi connectivity index (χ0) is 9.80. The number of aliphatic hydroxyl groups is 1. The summed E-state index contributed by atoms with van der Waals surface area (Å²) in [5.74, 6) is 0.710. The van der Waals surface area contributed by atoms with Crippen molar-refractivity contribution in [3.8, 4) is 0 Å². The van der Waals surface area contributed by atoms with Crippen molar-refractivity contribution in [1.29, 1.82) is 0 Å². The Kier molecular flexibility index (Phi) is 3.75. The molecule has 3 atom stereocenters. The molecule has 2 aliphatic heterocycles. The second-order valence-electron chi connectivity index (χ2n) is 4.18. The summed E-state index contributed by atoms with van der Waals surface area (Å²) in [6.07, 6.45) is 2.00. The molecule has 4 heteroatoms. The number of hydrogen-bond donors (Lipinski definition) is 2. The molecule has 14 heavy (non-hydrogen) atoms. The van der Waals surface area contributed by atoms with Gasteiger partial charge in [-0.25, -0.2) is 0 Å². The maximum atomic E-state index is 9.47. The fourth-order valence-corrected chi connectivity index (χ4v) is 2.02. The van der Waals surface area contributed by atoms with Crippen molar-refractivity contribution in [3.05, 3.63) is 0 Å². The molecule has 3 unspecified atom stereocenters. The SMILES string of the molecule is OC1COCC1NCCC1CCOC1. The molecule has 0 spiro atoms. The average Bonchev–Trinajstić information content (AvgIpc) is 2.78. The molecule has 2 saturated heterocycles. The van der Waals surface area contributed by atoms with Gasteiger partial charge in [0.2, 0.25) is 0 Å². The summed E-state index contributed by atoms with van der Waals surface area (Å²) in [4.78, 5) is 0.